The third-order valence-corrected chi connectivity index (χ3v) is 3.26. The summed E-state index contributed by atoms with van der Waals surface area (Å²) in [6.07, 6.45) is 0. The molecule has 0 fully saturated rings. The lowest BCUT2D eigenvalue weighted by Crippen LogP contribution is -1.99. The molecule has 1 heterocycles. The monoisotopic (exact) mass is 311 g/mol. The van der Waals surface area contributed by atoms with E-state index in [2.05, 4.69) is 5.10 Å². The van der Waals surface area contributed by atoms with Crippen LogP contribution in [-0.2, 0) is 12.9 Å². The highest BCUT2D eigenvalue weighted by atomic mass is 35.5. The minimum atomic E-state index is -0.516. The maximum atomic E-state index is 11.1. The highest BCUT2D eigenvalue weighted by Gasteiger charge is 2.21. The summed E-state index contributed by atoms with van der Waals surface area (Å²) in [6.45, 7) is 1.80. The van der Waals surface area contributed by atoms with Crippen molar-refractivity contribution in [3.05, 3.63) is 39.6 Å². The van der Waals surface area contributed by atoms with Crippen LogP contribution in [0.5, 0.6) is 17.4 Å². The average Bonchev–Trinajstić information content (AvgIpc) is 2.72. The van der Waals surface area contributed by atoms with Gasteiger partial charge >= 0.3 is 5.69 Å². The van der Waals surface area contributed by atoms with Gasteiger partial charge < -0.3 is 9.47 Å². The number of halogens is 1. The van der Waals surface area contributed by atoms with E-state index in [-0.39, 0.29) is 17.3 Å². The topological polar surface area (TPSA) is 79.4 Å². The summed E-state index contributed by atoms with van der Waals surface area (Å²) in [4.78, 5) is 10.6. The first kappa shape index (κ1) is 15.1. The lowest BCUT2D eigenvalue weighted by molar-refractivity contribution is -0.385. The first-order valence-electron chi connectivity index (χ1n) is 6.06. The smallest absolute Gasteiger partial charge is 0.311 e. The van der Waals surface area contributed by atoms with Crippen LogP contribution >= 0.6 is 11.6 Å². The van der Waals surface area contributed by atoms with E-state index in [1.165, 1.54) is 30.0 Å². The number of hydrogen-bond donors (Lipinski definition) is 0. The van der Waals surface area contributed by atoms with Gasteiger partial charge in [0.25, 0.3) is 0 Å². The number of nitrogens with zero attached hydrogens (tertiary/aromatic N) is 3. The minimum absolute atomic E-state index is 0.0775. The molecule has 2 aromatic rings. The van der Waals surface area contributed by atoms with E-state index >= 15 is 0 Å². The van der Waals surface area contributed by atoms with Crippen LogP contribution in [0, 0.1) is 17.0 Å². The van der Waals surface area contributed by atoms with Gasteiger partial charge in [-0.25, -0.2) is 4.68 Å². The molecule has 0 aliphatic rings. The second-order valence-corrected chi connectivity index (χ2v) is 4.59. The SMILES string of the molecule is COc1ccc([N+](=O)[O-])c(Oc2c(CCl)c(C)nn2C)c1. The quantitative estimate of drug-likeness (QED) is 0.481. The molecule has 0 unspecified atom stereocenters. The van der Waals surface area contributed by atoms with Crippen LogP contribution in [0.15, 0.2) is 18.2 Å². The van der Waals surface area contributed by atoms with Crippen LogP contribution in [0.4, 0.5) is 5.69 Å². The predicted molar refractivity (Wildman–Crippen MR) is 77.2 cm³/mol. The summed E-state index contributed by atoms with van der Waals surface area (Å²) < 4.78 is 12.2. The number of ether oxygens (including phenoxy) is 2. The van der Waals surface area contributed by atoms with Gasteiger partial charge in [0.15, 0.2) is 0 Å². The Labute approximate surface area is 126 Å². The normalized spacial score (nSPS) is 10.5. The first-order chi connectivity index (χ1) is 9.97. The number of nitro benzene ring substituents is 1. The van der Waals surface area contributed by atoms with Gasteiger partial charge in [-0.2, -0.15) is 5.10 Å². The molecule has 8 heteroatoms. The molecule has 7 nitrogen and oxygen atoms in total. The molecule has 1 aromatic carbocycles. The van der Waals surface area contributed by atoms with E-state index < -0.39 is 4.92 Å². The van der Waals surface area contributed by atoms with Crippen LogP contribution < -0.4 is 9.47 Å². The molecule has 0 bridgehead atoms. The molecule has 0 amide bonds. The Kier molecular flexibility index (Phi) is 4.32. The zero-order valence-electron chi connectivity index (χ0n) is 11.8. The van der Waals surface area contributed by atoms with Crippen molar-refractivity contribution >= 4 is 17.3 Å². The number of rotatable bonds is 5. The van der Waals surface area contributed by atoms with Crippen molar-refractivity contribution < 1.29 is 14.4 Å². The minimum Gasteiger partial charge on any atom is -0.497 e. The number of benzene rings is 1. The zero-order chi connectivity index (χ0) is 15.6. The Bertz CT molecular complexity index is 684. The van der Waals surface area contributed by atoms with Gasteiger partial charge in [0.05, 0.1) is 29.2 Å². The summed E-state index contributed by atoms with van der Waals surface area (Å²) in [5.74, 6) is 1.11. The largest absolute Gasteiger partial charge is 0.497 e. The van der Waals surface area contributed by atoms with Crippen LogP contribution in [0.2, 0.25) is 0 Å². The highest BCUT2D eigenvalue weighted by molar-refractivity contribution is 6.17. The van der Waals surface area contributed by atoms with E-state index in [4.69, 9.17) is 21.1 Å². The molecular formula is C13H14ClN3O4. The number of aryl methyl sites for hydroxylation is 2. The molecular weight excluding hydrogens is 298 g/mol. The molecule has 0 N–H and O–H groups in total. The molecule has 112 valence electrons. The van der Waals surface area contributed by atoms with Crippen LogP contribution in [0.25, 0.3) is 0 Å². The second-order valence-electron chi connectivity index (χ2n) is 4.32. The van der Waals surface area contributed by atoms with Gasteiger partial charge in [0, 0.05) is 19.2 Å². The summed E-state index contributed by atoms with van der Waals surface area (Å²) in [6, 6.07) is 4.29. The predicted octanol–water partition coefficient (Wildman–Crippen LogP) is 3.18. The van der Waals surface area contributed by atoms with Gasteiger partial charge in [-0.1, -0.05) is 0 Å². The number of alkyl halides is 1. The molecule has 21 heavy (non-hydrogen) atoms. The third-order valence-electron chi connectivity index (χ3n) is 2.99. The summed E-state index contributed by atoms with van der Waals surface area (Å²) in [5, 5.41) is 15.3. The molecule has 0 radical (unpaired) electrons. The summed E-state index contributed by atoms with van der Waals surface area (Å²) in [7, 11) is 3.16. The zero-order valence-corrected chi connectivity index (χ0v) is 12.5. The summed E-state index contributed by atoms with van der Waals surface area (Å²) >= 11 is 5.89. The average molecular weight is 312 g/mol. The van der Waals surface area contributed by atoms with Crippen molar-refractivity contribution in [2.24, 2.45) is 7.05 Å². The van der Waals surface area contributed by atoms with Crippen molar-refractivity contribution in [3.8, 4) is 17.4 Å². The fourth-order valence-electron chi connectivity index (χ4n) is 1.92. The third kappa shape index (κ3) is 2.92. The van der Waals surface area contributed by atoms with E-state index in [0.717, 1.165) is 0 Å². The molecule has 0 aliphatic carbocycles. The van der Waals surface area contributed by atoms with Gasteiger partial charge in [0.1, 0.15) is 5.75 Å². The fraction of sp³-hybridized carbons (Fsp3) is 0.308. The lowest BCUT2D eigenvalue weighted by Gasteiger charge is -2.09. The van der Waals surface area contributed by atoms with Crippen molar-refractivity contribution in [3.63, 3.8) is 0 Å². The molecule has 0 aliphatic heterocycles. The van der Waals surface area contributed by atoms with Gasteiger partial charge in [0.2, 0.25) is 11.6 Å². The number of aromatic nitrogens is 2. The molecule has 0 saturated heterocycles. The van der Waals surface area contributed by atoms with E-state index in [1.807, 2.05) is 0 Å². The molecule has 0 spiro atoms. The van der Waals surface area contributed by atoms with E-state index in [9.17, 15) is 10.1 Å². The molecule has 2 rings (SSSR count). The van der Waals surface area contributed by atoms with Gasteiger partial charge in [-0.3, -0.25) is 10.1 Å². The summed E-state index contributed by atoms with van der Waals surface area (Å²) in [5.41, 5.74) is 1.25. The van der Waals surface area contributed by atoms with Crippen LogP contribution in [-0.4, -0.2) is 21.8 Å². The number of methoxy groups -OCH3 is 1. The molecule has 0 atom stereocenters. The Balaban J connectivity index is 2.50. The fourth-order valence-corrected chi connectivity index (χ4v) is 2.23. The Morgan fingerprint density at radius 1 is 1.48 bits per heavy atom. The van der Waals surface area contributed by atoms with Crippen molar-refractivity contribution in [1.82, 2.24) is 9.78 Å². The Morgan fingerprint density at radius 2 is 2.19 bits per heavy atom. The number of hydrogen-bond acceptors (Lipinski definition) is 5. The van der Waals surface area contributed by atoms with Crippen molar-refractivity contribution in [1.29, 1.82) is 0 Å². The van der Waals surface area contributed by atoms with E-state index in [1.54, 1.807) is 14.0 Å². The van der Waals surface area contributed by atoms with Crippen LogP contribution in [0.3, 0.4) is 0 Å². The van der Waals surface area contributed by atoms with Gasteiger partial charge in [-0.05, 0) is 13.0 Å². The highest BCUT2D eigenvalue weighted by Crippen LogP contribution is 2.36. The van der Waals surface area contributed by atoms with E-state index in [0.29, 0.717) is 22.9 Å². The lowest BCUT2D eigenvalue weighted by atomic mass is 10.2. The first-order valence-corrected chi connectivity index (χ1v) is 6.60. The van der Waals surface area contributed by atoms with Crippen molar-refractivity contribution in [2.45, 2.75) is 12.8 Å². The maximum Gasteiger partial charge on any atom is 0.311 e. The Hall–Kier alpha value is -2.28. The standard InChI is InChI=1S/C13H14ClN3O4/c1-8-10(7-14)13(16(2)15-8)21-12-6-9(20-3)4-5-11(12)17(18)19/h4-6H,7H2,1-3H3. The maximum absolute atomic E-state index is 11.1. The van der Waals surface area contributed by atoms with Crippen LogP contribution in [0.1, 0.15) is 11.3 Å². The number of nitro groups is 1. The molecule has 1 aromatic heterocycles. The van der Waals surface area contributed by atoms with Gasteiger partial charge in [-0.15, -0.1) is 11.6 Å². The second kappa shape index (κ2) is 6.01. The van der Waals surface area contributed by atoms with Crippen molar-refractivity contribution in [2.75, 3.05) is 7.11 Å². The molecule has 0 saturated carbocycles. The Morgan fingerprint density at radius 3 is 2.76 bits per heavy atom.